The third-order valence-corrected chi connectivity index (χ3v) is 6.16. The number of hydrogen-bond donors (Lipinski definition) is 0. The summed E-state index contributed by atoms with van der Waals surface area (Å²) in [6, 6.07) is 1.63. The maximum atomic E-state index is 12.3. The highest BCUT2D eigenvalue weighted by molar-refractivity contribution is 7.89. The minimum Gasteiger partial charge on any atom is -0.207 e. The van der Waals surface area contributed by atoms with Gasteiger partial charge in [0, 0.05) is 18.5 Å². The smallest absolute Gasteiger partial charge is 0.207 e. The lowest BCUT2D eigenvalue weighted by Crippen LogP contribution is -2.31. The van der Waals surface area contributed by atoms with E-state index in [1.807, 2.05) is 6.92 Å². The molecule has 1 aromatic rings. The highest BCUT2D eigenvalue weighted by atomic mass is 35.5. The van der Waals surface area contributed by atoms with Crippen molar-refractivity contribution < 1.29 is 8.42 Å². The van der Waals surface area contributed by atoms with Gasteiger partial charge in [-0.2, -0.15) is 0 Å². The Bertz CT molecular complexity index is 456. The van der Waals surface area contributed by atoms with Crippen LogP contribution in [0, 0.1) is 5.92 Å². The lowest BCUT2D eigenvalue weighted by Gasteiger charge is -2.20. The van der Waals surface area contributed by atoms with Crippen molar-refractivity contribution in [3.8, 4) is 0 Å². The number of halogens is 1. The van der Waals surface area contributed by atoms with Crippen molar-refractivity contribution in [3.05, 3.63) is 16.3 Å². The Morgan fingerprint density at radius 2 is 2.18 bits per heavy atom. The molecule has 0 saturated carbocycles. The second-order valence-corrected chi connectivity index (χ2v) is 7.42. The molecule has 0 N–H and O–H groups in total. The van der Waals surface area contributed by atoms with Gasteiger partial charge in [0.15, 0.2) is 0 Å². The van der Waals surface area contributed by atoms with Gasteiger partial charge in [-0.05, 0) is 17.4 Å². The zero-order valence-corrected chi connectivity index (χ0v) is 12.7. The van der Waals surface area contributed by atoms with E-state index in [0.717, 1.165) is 6.42 Å². The molecule has 1 heterocycles. The van der Waals surface area contributed by atoms with Crippen LogP contribution in [-0.2, 0) is 15.9 Å². The fourth-order valence-electron chi connectivity index (χ4n) is 1.49. The maximum absolute atomic E-state index is 12.3. The Kier molecular flexibility index (Phi) is 5.44. The molecule has 3 nitrogen and oxygen atoms in total. The number of thiophene rings is 1. The Labute approximate surface area is 112 Å². The van der Waals surface area contributed by atoms with Crippen molar-refractivity contribution in [2.24, 2.45) is 5.92 Å². The first kappa shape index (κ1) is 15.0. The van der Waals surface area contributed by atoms with Gasteiger partial charge < -0.3 is 0 Å². The molecule has 0 spiro atoms. The van der Waals surface area contributed by atoms with E-state index in [1.54, 1.807) is 18.5 Å². The fourth-order valence-corrected chi connectivity index (χ4v) is 4.45. The van der Waals surface area contributed by atoms with Gasteiger partial charge >= 0.3 is 0 Å². The molecule has 1 aromatic heterocycles. The summed E-state index contributed by atoms with van der Waals surface area (Å²) in [5.41, 5.74) is 0. The molecular formula is C11H18ClNO2S2. The van der Waals surface area contributed by atoms with Crippen LogP contribution >= 0.6 is 22.9 Å². The first-order chi connectivity index (χ1) is 7.93. The molecule has 0 aliphatic rings. The molecule has 0 saturated heterocycles. The van der Waals surface area contributed by atoms with Crippen LogP contribution in [0.25, 0.3) is 0 Å². The molecule has 0 bridgehead atoms. The van der Waals surface area contributed by atoms with Crippen LogP contribution in [0.3, 0.4) is 0 Å². The van der Waals surface area contributed by atoms with Gasteiger partial charge in [0.05, 0.1) is 10.8 Å². The van der Waals surface area contributed by atoms with Crippen molar-refractivity contribution in [2.45, 2.75) is 31.0 Å². The van der Waals surface area contributed by atoms with E-state index in [0.29, 0.717) is 22.2 Å². The number of alkyl halides is 1. The summed E-state index contributed by atoms with van der Waals surface area (Å²) in [5.74, 6) is 0.594. The molecule has 1 rings (SSSR count). The van der Waals surface area contributed by atoms with E-state index in [2.05, 4.69) is 6.92 Å². The predicted octanol–water partition coefficient (Wildman–Crippen LogP) is 3.15. The summed E-state index contributed by atoms with van der Waals surface area (Å²) in [5, 5.41) is 1.77. The molecule has 1 unspecified atom stereocenters. The third-order valence-electron chi connectivity index (χ3n) is 2.78. The topological polar surface area (TPSA) is 37.4 Å². The highest BCUT2D eigenvalue weighted by Gasteiger charge is 2.25. The normalized spacial score (nSPS) is 14.2. The minimum atomic E-state index is -3.38. The van der Waals surface area contributed by atoms with Crippen LogP contribution in [0.4, 0.5) is 0 Å². The van der Waals surface area contributed by atoms with Gasteiger partial charge in [-0.3, -0.25) is 0 Å². The summed E-state index contributed by atoms with van der Waals surface area (Å²) in [7, 11) is -1.76. The third kappa shape index (κ3) is 3.44. The highest BCUT2D eigenvalue weighted by Crippen LogP contribution is 2.26. The molecule has 0 radical (unpaired) electrons. The Morgan fingerprint density at radius 1 is 1.53 bits per heavy atom. The lowest BCUT2D eigenvalue weighted by atomic mass is 10.1. The molecule has 0 amide bonds. The van der Waals surface area contributed by atoms with Gasteiger partial charge in [0.1, 0.15) is 0 Å². The molecule has 0 fully saturated rings. The van der Waals surface area contributed by atoms with E-state index in [-0.39, 0.29) is 5.88 Å². The quantitative estimate of drug-likeness (QED) is 0.756. The van der Waals surface area contributed by atoms with Crippen LogP contribution < -0.4 is 0 Å². The van der Waals surface area contributed by atoms with Crippen molar-refractivity contribution in [3.63, 3.8) is 0 Å². The van der Waals surface area contributed by atoms with E-state index < -0.39 is 10.0 Å². The van der Waals surface area contributed by atoms with Gasteiger partial charge in [0.2, 0.25) is 10.0 Å². The average molecular weight is 296 g/mol. The fraction of sp³-hybridized carbons (Fsp3) is 0.636. The number of nitrogens with zero attached hydrogens (tertiary/aromatic N) is 1. The number of sulfonamides is 1. The number of hydrogen-bond acceptors (Lipinski definition) is 3. The van der Waals surface area contributed by atoms with Gasteiger partial charge in [-0.15, -0.1) is 22.9 Å². The van der Waals surface area contributed by atoms with E-state index >= 15 is 0 Å². The van der Waals surface area contributed by atoms with Crippen molar-refractivity contribution in [1.82, 2.24) is 4.31 Å². The average Bonchev–Trinajstić information content (AvgIpc) is 2.77. The van der Waals surface area contributed by atoms with Crippen molar-refractivity contribution in [2.75, 3.05) is 13.6 Å². The summed E-state index contributed by atoms with van der Waals surface area (Å²) < 4.78 is 26.0. The van der Waals surface area contributed by atoms with Crippen LogP contribution in [0.5, 0.6) is 0 Å². The summed E-state index contributed by atoms with van der Waals surface area (Å²) >= 11 is 7.13. The molecule has 6 heteroatoms. The zero-order valence-electron chi connectivity index (χ0n) is 10.3. The lowest BCUT2D eigenvalue weighted by molar-refractivity contribution is 0.393. The van der Waals surface area contributed by atoms with Gasteiger partial charge in [-0.1, -0.05) is 20.3 Å². The van der Waals surface area contributed by atoms with Crippen LogP contribution in [0.1, 0.15) is 25.1 Å². The zero-order chi connectivity index (χ0) is 13.1. The van der Waals surface area contributed by atoms with E-state index in [9.17, 15) is 8.42 Å². The van der Waals surface area contributed by atoms with Crippen molar-refractivity contribution in [1.29, 1.82) is 0 Å². The van der Waals surface area contributed by atoms with E-state index in [4.69, 9.17) is 11.6 Å². The second kappa shape index (κ2) is 6.18. The Morgan fingerprint density at radius 3 is 2.71 bits per heavy atom. The molecule has 98 valence electrons. The van der Waals surface area contributed by atoms with Crippen LogP contribution in [0.2, 0.25) is 0 Å². The standard InChI is InChI=1S/C11H18ClNO2S2/c1-4-9(2)8-13(3)17(14,15)11-5-6-16-10(11)7-12/h5-6,9H,4,7-8H2,1-3H3. The second-order valence-electron chi connectivity index (χ2n) is 4.14. The molecule has 0 aromatic carbocycles. The molecule has 1 atom stereocenters. The SMILES string of the molecule is CCC(C)CN(C)S(=O)(=O)c1ccsc1CCl. The predicted molar refractivity (Wildman–Crippen MR) is 73.1 cm³/mol. The monoisotopic (exact) mass is 295 g/mol. The molecule has 0 aliphatic heterocycles. The maximum Gasteiger partial charge on any atom is 0.243 e. The first-order valence-corrected chi connectivity index (χ1v) is 8.37. The van der Waals surface area contributed by atoms with Crippen LogP contribution in [0.15, 0.2) is 16.3 Å². The minimum absolute atomic E-state index is 0.239. The summed E-state index contributed by atoms with van der Waals surface area (Å²) in [6.07, 6.45) is 0.964. The molecule has 0 aliphatic carbocycles. The van der Waals surface area contributed by atoms with Crippen LogP contribution in [-0.4, -0.2) is 26.3 Å². The first-order valence-electron chi connectivity index (χ1n) is 5.52. The largest absolute Gasteiger partial charge is 0.243 e. The van der Waals surface area contributed by atoms with E-state index in [1.165, 1.54) is 15.6 Å². The summed E-state index contributed by atoms with van der Waals surface area (Å²) in [6.45, 7) is 4.64. The summed E-state index contributed by atoms with van der Waals surface area (Å²) in [4.78, 5) is 1.06. The Hall–Kier alpha value is -0.100. The van der Waals surface area contributed by atoms with Crippen molar-refractivity contribution >= 4 is 33.0 Å². The molecular weight excluding hydrogens is 278 g/mol. The van der Waals surface area contributed by atoms with Gasteiger partial charge in [-0.25, -0.2) is 12.7 Å². The van der Waals surface area contributed by atoms with Gasteiger partial charge in [0.25, 0.3) is 0 Å². The molecule has 17 heavy (non-hydrogen) atoms. The Balaban J connectivity index is 2.95. The number of rotatable bonds is 6.